The zero-order valence-corrected chi connectivity index (χ0v) is 18.6. The number of nitrogens with two attached hydrogens (primary N) is 1. The van der Waals surface area contributed by atoms with Gasteiger partial charge in [0.25, 0.3) is 0 Å². The Morgan fingerprint density at radius 2 is 1.91 bits per heavy atom. The van der Waals surface area contributed by atoms with Gasteiger partial charge in [0.15, 0.2) is 5.65 Å². The van der Waals surface area contributed by atoms with Crippen LogP contribution in [0.4, 0.5) is 11.6 Å². The first kappa shape index (κ1) is 19.4. The molecule has 3 aromatic heterocycles. The molecule has 2 fully saturated rings. The molecule has 0 spiro atoms. The summed E-state index contributed by atoms with van der Waals surface area (Å²) in [6, 6.07) is 8.93. The normalized spacial score (nSPS) is 19.7. The number of aromatic nitrogens is 5. The van der Waals surface area contributed by atoms with Crippen LogP contribution in [0.5, 0.6) is 0 Å². The van der Waals surface area contributed by atoms with Gasteiger partial charge in [-0.1, -0.05) is 11.6 Å². The monoisotopic (exact) mass is 428 g/mol. The molecule has 0 amide bonds. The Morgan fingerprint density at radius 1 is 1.03 bits per heavy atom. The van der Waals surface area contributed by atoms with E-state index in [1.54, 1.807) is 6.33 Å². The topological polar surface area (TPSA) is 88.5 Å². The molecule has 2 saturated heterocycles. The van der Waals surface area contributed by atoms with Crippen LogP contribution < -0.4 is 15.5 Å². The van der Waals surface area contributed by atoms with E-state index in [9.17, 15) is 0 Å². The molecule has 0 saturated carbocycles. The van der Waals surface area contributed by atoms with Crippen molar-refractivity contribution >= 4 is 28.2 Å². The minimum Gasteiger partial charge on any atom is -0.353 e. The second-order valence-electron chi connectivity index (χ2n) is 9.21. The molecule has 0 radical (unpaired) electrons. The summed E-state index contributed by atoms with van der Waals surface area (Å²) >= 11 is 0. The molecule has 1 aromatic carbocycles. The molecule has 1 unspecified atom stereocenters. The Labute approximate surface area is 187 Å². The van der Waals surface area contributed by atoms with Crippen molar-refractivity contribution < 1.29 is 0 Å². The Bertz CT molecular complexity index is 1310. The van der Waals surface area contributed by atoms with Crippen molar-refractivity contribution in [2.24, 2.45) is 5.73 Å². The van der Waals surface area contributed by atoms with Gasteiger partial charge in [0, 0.05) is 48.9 Å². The first-order valence-corrected chi connectivity index (χ1v) is 11.4. The number of fused-ring (bicyclic) bond motifs is 2. The number of hydrogen-bond donors (Lipinski definition) is 1. The maximum absolute atomic E-state index is 5.99. The van der Waals surface area contributed by atoms with Gasteiger partial charge in [-0.15, -0.1) is 0 Å². The summed E-state index contributed by atoms with van der Waals surface area (Å²) in [5, 5.41) is 6.06. The van der Waals surface area contributed by atoms with E-state index in [2.05, 4.69) is 59.1 Å². The number of rotatable bonds is 3. The minimum atomic E-state index is 0.172. The highest BCUT2D eigenvalue weighted by molar-refractivity contribution is 5.90. The third-order valence-electron chi connectivity index (χ3n) is 6.72. The van der Waals surface area contributed by atoms with E-state index in [4.69, 9.17) is 20.8 Å². The van der Waals surface area contributed by atoms with E-state index in [-0.39, 0.29) is 12.1 Å². The standard InChI is InChI=1S/C24H28N8/c1-15-6-7-19-18(9-15)24(27-14-26-19)31-8-4-3-5-21(31)20-10-22-28-23(30-12-17(25)13-30)16(2)11-32(22)29-20/h6-7,9-11,14,17,21H,3-5,8,12-13,25H2,1-2H3. The molecular weight excluding hydrogens is 400 g/mol. The summed E-state index contributed by atoms with van der Waals surface area (Å²) in [4.78, 5) is 18.8. The molecule has 8 heteroatoms. The van der Waals surface area contributed by atoms with Crippen LogP contribution in [0.25, 0.3) is 16.6 Å². The molecule has 2 aliphatic heterocycles. The van der Waals surface area contributed by atoms with E-state index < -0.39 is 0 Å². The Hall–Kier alpha value is -3.26. The van der Waals surface area contributed by atoms with Gasteiger partial charge in [-0.2, -0.15) is 5.10 Å². The van der Waals surface area contributed by atoms with Crippen molar-refractivity contribution in [3.63, 3.8) is 0 Å². The molecule has 6 rings (SSSR count). The fourth-order valence-electron chi connectivity index (χ4n) is 5.07. The summed E-state index contributed by atoms with van der Waals surface area (Å²) in [7, 11) is 0. The van der Waals surface area contributed by atoms with Crippen LogP contribution in [-0.4, -0.2) is 50.2 Å². The highest BCUT2D eigenvalue weighted by atomic mass is 15.3. The van der Waals surface area contributed by atoms with Crippen molar-refractivity contribution in [1.29, 1.82) is 0 Å². The summed E-state index contributed by atoms with van der Waals surface area (Å²) < 4.78 is 1.92. The SMILES string of the molecule is Cc1ccc2ncnc(N3CCCCC3c3cc4nc(N5CC(N)C5)c(C)cn4n3)c2c1. The van der Waals surface area contributed by atoms with E-state index in [0.717, 1.165) is 71.9 Å². The summed E-state index contributed by atoms with van der Waals surface area (Å²) in [6.45, 7) is 6.89. The summed E-state index contributed by atoms with van der Waals surface area (Å²) in [6.07, 6.45) is 7.14. The molecule has 0 bridgehead atoms. The van der Waals surface area contributed by atoms with Crippen molar-refractivity contribution in [3.8, 4) is 0 Å². The van der Waals surface area contributed by atoms with Gasteiger partial charge < -0.3 is 15.5 Å². The van der Waals surface area contributed by atoms with Gasteiger partial charge in [0.2, 0.25) is 0 Å². The average molecular weight is 429 g/mol. The Balaban J connectivity index is 1.41. The number of aryl methyl sites for hydroxylation is 2. The zero-order valence-electron chi connectivity index (χ0n) is 18.6. The molecule has 5 heterocycles. The molecule has 2 aliphatic rings. The third kappa shape index (κ3) is 3.17. The number of hydrogen-bond acceptors (Lipinski definition) is 7. The highest BCUT2D eigenvalue weighted by Gasteiger charge is 2.30. The molecule has 32 heavy (non-hydrogen) atoms. The van der Waals surface area contributed by atoms with Crippen LogP contribution in [0.1, 0.15) is 42.1 Å². The van der Waals surface area contributed by atoms with Crippen LogP contribution in [0.2, 0.25) is 0 Å². The zero-order chi connectivity index (χ0) is 21.8. The Morgan fingerprint density at radius 3 is 2.75 bits per heavy atom. The fraction of sp³-hybridized carbons (Fsp3) is 0.417. The van der Waals surface area contributed by atoms with Crippen molar-refractivity contribution in [2.45, 2.75) is 45.2 Å². The predicted octanol–water partition coefficient (Wildman–Crippen LogP) is 3.17. The Kier molecular flexibility index (Phi) is 4.50. The van der Waals surface area contributed by atoms with Gasteiger partial charge in [-0.3, -0.25) is 0 Å². The lowest BCUT2D eigenvalue weighted by atomic mass is 9.98. The minimum absolute atomic E-state index is 0.172. The van der Waals surface area contributed by atoms with E-state index in [1.807, 2.05) is 4.52 Å². The molecular formula is C24H28N8. The second kappa shape index (κ2) is 7.41. The fourth-order valence-corrected chi connectivity index (χ4v) is 5.07. The number of nitrogens with zero attached hydrogens (tertiary/aromatic N) is 7. The number of benzene rings is 1. The van der Waals surface area contributed by atoms with Crippen molar-refractivity contribution in [2.75, 3.05) is 29.4 Å². The molecule has 1 atom stereocenters. The van der Waals surface area contributed by atoms with E-state index in [1.165, 1.54) is 12.0 Å². The van der Waals surface area contributed by atoms with Gasteiger partial charge in [0.05, 0.1) is 17.3 Å². The quantitative estimate of drug-likeness (QED) is 0.536. The van der Waals surface area contributed by atoms with Crippen molar-refractivity contribution in [1.82, 2.24) is 24.6 Å². The van der Waals surface area contributed by atoms with Crippen LogP contribution in [0.3, 0.4) is 0 Å². The largest absolute Gasteiger partial charge is 0.353 e. The van der Waals surface area contributed by atoms with Gasteiger partial charge in [0.1, 0.15) is 18.0 Å². The lowest BCUT2D eigenvalue weighted by molar-refractivity contribution is 0.461. The molecule has 0 aliphatic carbocycles. The van der Waals surface area contributed by atoms with Gasteiger partial charge in [-0.05, 0) is 45.2 Å². The average Bonchev–Trinajstić information content (AvgIpc) is 3.18. The van der Waals surface area contributed by atoms with E-state index in [0.29, 0.717) is 0 Å². The van der Waals surface area contributed by atoms with Crippen LogP contribution >= 0.6 is 0 Å². The lowest BCUT2D eigenvalue weighted by Gasteiger charge is -2.38. The molecule has 2 N–H and O–H groups in total. The third-order valence-corrected chi connectivity index (χ3v) is 6.72. The van der Waals surface area contributed by atoms with Gasteiger partial charge >= 0.3 is 0 Å². The molecule has 164 valence electrons. The van der Waals surface area contributed by atoms with Gasteiger partial charge in [-0.25, -0.2) is 19.5 Å². The van der Waals surface area contributed by atoms with Crippen LogP contribution in [0.15, 0.2) is 36.8 Å². The molecule has 4 aromatic rings. The van der Waals surface area contributed by atoms with Crippen molar-refractivity contribution in [3.05, 3.63) is 53.6 Å². The predicted molar refractivity (Wildman–Crippen MR) is 126 cm³/mol. The summed E-state index contributed by atoms with van der Waals surface area (Å²) in [5.74, 6) is 2.02. The van der Waals surface area contributed by atoms with Crippen LogP contribution in [0, 0.1) is 13.8 Å². The first-order valence-electron chi connectivity index (χ1n) is 11.4. The first-order chi connectivity index (χ1) is 15.6. The van der Waals surface area contributed by atoms with E-state index >= 15 is 0 Å². The highest BCUT2D eigenvalue weighted by Crippen LogP contribution is 2.37. The van der Waals surface area contributed by atoms with Crippen LogP contribution in [-0.2, 0) is 0 Å². The molecule has 8 nitrogen and oxygen atoms in total. The maximum Gasteiger partial charge on any atom is 0.157 e. The number of anilines is 2. The smallest absolute Gasteiger partial charge is 0.157 e. The lowest BCUT2D eigenvalue weighted by Crippen LogP contribution is -2.56. The maximum atomic E-state index is 5.99. The second-order valence-corrected chi connectivity index (χ2v) is 9.21. The summed E-state index contributed by atoms with van der Waals surface area (Å²) in [5.41, 5.74) is 11.2. The number of piperidine rings is 1.